The largest absolute Gasteiger partial charge is 0.439 e. The van der Waals surface area contributed by atoms with Gasteiger partial charge in [0.2, 0.25) is 5.88 Å². The summed E-state index contributed by atoms with van der Waals surface area (Å²) in [6.07, 6.45) is 5.43. The number of aromatic nitrogens is 1. The van der Waals surface area contributed by atoms with Crippen LogP contribution in [0.5, 0.6) is 11.6 Å². The molecule has 2 aromatic rings. The lowest BCUT2D eigenvalue weighted by atomic mass is 10.1. The van der Waals surface area contributed by atoms with Crippen molar-refractivity contribution in [3.8, 4) is 11.6 Å². The number of pyridine rings is 1. The molecule has 3 nitrogen and oxygen atoms in total. The summed E-state index contributed by atoms with van der Waals surface area (Å²) in [7, 11) is 1.94. The normalized spacial score (nSPS) is 12.1. The number of nitrogens with zero attached hydrogens (tertiary/aromatic N) is 1. The lowest BCUT2D eigenvalue weighted by Crippen LogP contribution is -2.12. The van der Waals surface area contributed by atoms with E-state index in [4.69, 9.17) is 4.74 Å². The molecule has 1 aromatic carbocycles. The number of nitrogens with one attached hydrogen (secondary N) is 1. The third kappa shape index (κ3) is 4.57. The summed E-state index contributed by atoms with van der Waals surface area (Å²) in [6, 6.07) is 12.5. The first-order valence-electron chi connectivity index (χ1n) is 7.63. The lowest BCUT2D eigenvalue weighted by Gasteiger charge is -2.11. The quantitative estimate of drug-likeness (QED) is 0.813. The molecule has 1 heterocycles. The van der Waals surface area contributed by atoms with Gasteiger partial charge in [0.1, 0.15) is 5.75 Å². The fourth-order valence-electron chi connectivity index (χ4n) is 2.10. The first-order valence-corrected chi connectivity index (χ1v) is 7.63. The number of rotatable bonds is 7. The summed E-state index contributed by atoms with van der Waals surface area (Å²) in [4.78, 5) is 4.35. The van der Waals surface area contributed by atoms with Gasteiger partial charge in [-0.2, -0.15) is 0 Å². The van der Waals surface area contributed by atoms with Gasteiger partial charge < -0.3 is 10.1 Å². The van der Waals surface area contributed by atoms with E-state index in [1.54, 1.807) is 0 Å². The maximum Gasteiger partial charge on any atom is 0.219 e. The van der Waals surface area contributed by atoms with Crippen LogP contribution in [0.1, 0.15) is 43.9 Å². The Morgan fingerprint density at radius 2 is 1.90 bits per heavy atom. The molecule has 0 spiro atoms. The highest BCUT2D eigenvalue weighted by atomic mass is 16.5. The predicted octanol–water partition coefficient (Wildman–Crippen LogP) is 4.50. The number of hydrogen-bond donors (Lipinski definition) is 1. The summed E-state index contributed by atoms with van der Waals surface area (Å²) in [5.74, 6) is 1.46. The molecule has 0 radical (unpaired) electrons. The first kappa shape index (κ1) is 15.5. The minimum Gasteiger partial charge on any atom is -0.439 e. The molecule has 112 valence electrons. The van der Waals surface area contributed by atoms with Crippen LogP contribution in [0, 0.1) is 0 Å². The minimum absolute atomic E-state index is 0.296. The second-order valence-corrected chi connectivity index (χ2v) is 5.29. The molecule has 21 heavy (non-hydrogen) atoms. The average Bonchev–Trinajstić information content (AvgIpc) is 2.54. The SMILES string of the molecule is CCCCc1ccc(Oc2ccc(C(C)NC)cn2)cc1. The van der Waals surface area contributed by atoms with Crippen molar-refractivity contribution in [2.24, 2.45) is 0 Å². The fraction of sp³-hybridized carbons (Fsp3) is 0.389. The number of ether oxygens (including phenoxy) is 1. The van der Waals surface area contributed by atoms with Crippen LogP contribution in [-0.2, 0) is 6.42 Å². The Labute approximate surface area is 127 Å². The van der Waals surface area contributed by atoms with E-state index in [9.17, 15) is 0 Å². The number of unbranched alkanes of at least 4 members (excludes halogenated alkanes) is 1. The zero-order chi connectivity index (χ0) is 15.1. The van der Waals surface area contributed by atoms with Gasteiger partial charge in [-0.25, -0.2) is 4.98 Å². The Kier molecular flexibility index (Phi) is 5.76. The van der Waals surface area contributed by atoms with Crippen molar-refractivity contribution in [1.29, 1.82) is 0 Å². The van der Waals surface area contributed by atoms with Crippen molar-refractivity contribution < 1.29 is 4.74 Å². The second-order valence-electron chi connectivity index (χ2n) is 5.29. The molecule has 1 atom stereocenters. The minimum atomic E-state index is 0.296. The summed E-state index contributed by atoms with van der Waals surface area (Å²) < 4.78 is 5.77. The van der Waals surface area contributed by atoms with Crippen molar-refractivity contribution in [2.75, 3.05) is 7.05 Å². The van der Waals surface area contributed by atoms with E-state index >= 15 is 0 Å². The number of hydrogen-bond acceptors (Lipinski definition) is 3. The zero-order valence-electron chi connectivity index (χ0n) is 13.1. The highest BCUT2D eigenvalue weighted by molar-refractivity contribution is 5.31. The van der Waals surface area contributed by atoms with E-state index in [-0.39, 0.29) is 0 Å². The molecule has 0 fully saturated rings. The molecule has 0 saturated heterocycles. The molecule has 1 unspecified atom stereocenters. The van der Waals surface area contributed by atoms with Gasteiger partial charge in [-0.3, -0.25) is 0 Å². The Hall–Kier alpha value is -1.87. The summed E-state index contributed by atoms with van der Waals surface area (Å²) in [5, 5.41) is 3.19. The van der Waals surface area contributed by atoms with E-state index < -0.39 is 0 Å². The smallest absolute Gasteiger partial charge is 0.219 e. The number of benzene rings is 1. The van der Waals surface area contributed by atoms with Crippen molar-refractivity contribution in [3.05, 3.63) is 53.7 Å². The molecule has 1 aromatic heterocycles. The van der Waals surface area contributed by atoms with Crippen molar-refractivity contribution >= 4 is 0 Å². The van der Waals surface area contributed by atoms with Gasteiger partial charge in [0.15, 0.2) is 0 Å². The van der Waals surface area contributed by atoms with E-state index in [0.717, 1.165) is 17.7 Å². The van der Waals surface area contributed by atoms with Crippen LogP contribution in [0.15, 0.2) is 42.6 Å². The number of aryl methyl sites for hydroxylation is 1. The van der Waals surface area contributed by atoms with Gasteiger partial charge in [-0.1, -0.05) is 31.5 Å². The van der Waals surface area contributed by atoms with Gasteiger partial charge >= 0.3 is 0 Å². The van der Waals surface area contributed by atoms with E-state index in [1.807, 2.05) is 37.5 Å². The van der Waals surface area contributed by atoms with Crippen molar-refractivity contribution in [2.45, 2.75) is 39.2 Å². The Morgan fingerprint density at radius 1 is 1.14 bits per heavy atom. The molecule has 0 saturated carbocycles. The maximum atomic E-state index is 5.77. The van der Waals surface area contributed by atoms with Crippen LogP contribution in [-0.4, -0.2) is 12.0 Å². The second kappa shape index (κ2) is 7.79. The molecular weight excluding hydrogens is 260 g/mol. The third-order valence-electron chi connectivity index (χ3n) is 3.66. The van der Waals surface area contributed by atoms with Crippen LogP contribution in [0.2, 0.25) is 0 Å². The van der Waals surface area contributed by atoms with Crippen LogP contribution in [0.25, 0.3) is 0 Å². The standard InChI is InChI=1S/C18H24N2O/c1-4-5-6-15-7-10-17(11-8-15)21-18-12-9-16(13-20-18)14(2)19-3/h7-14,19H,4-6H2,1-3H3. The van der Waals surface area contributed by atoms with Gasteiger partial charge in [-0.15, -0.1) is 0 Å². The monoisotopic (exact) mass is 284 g/mol. The molecule has 0 amide bonds. The van der Waals surface area contributed by atoms with Crippen LogP contribution < -0.4 is 10.1 Å². The predicted molar refractivity (Wildman–Crippen MR) is 86.8 cm³/mol. The summed E-state index contributed by atoms with van der Waals surface area (Å²) >= 11 is 0. The molecule has 3 heteroatoms. The average molecular weight is 284 g/mol. The molecular formula is C18H24N2O. The molecule has 0 aliphatic rings. The molecule has 0 aliphatic heterocycles. The van der Waals surface area contributed by atoms with Crippen molar-refractivity contribution in [1.82, 2.24) is 10.3 Å². The highest BCUT2D eigenvalue weighted by Crippen LogP contribution is 2.21. The zero-order valence-corrected chi connectivity index (χ0v) is 13.1. The summed E-state index contributed by atoms with van der Waals surface area (Å²) in [6.45, 7) is 4.31. The van der Waals surface area contributed by atoms with E-state index in [1.165, 1.54) is 18.4 Å². The van der Waals surface area contributed by atoms with Gasteiger partial charge in [-0.05, 0) is 50.1 Å². The Morgan fingerprint density at radius 3 is 2.48 bits per heavy atom. The van der Waals surface area contributed by atoms with Gasteiger partial charge in [0.25, 0.3) is 0 Å². The van der Waals surface area contributed by atoms with E-state index in [2.05, 4.69) is 36.3 Å². The summed E-state index contributed by atoms with van der Waals surface area (Å²) in [5.41, 5.74) is 2.51. The molecule has 0 aliphatic carbocycles. The first-order chi connectivity index (χ1) is 10.2. The van der Waals surface area contributed by atoms with Crippen LogP contribution >= 0.6 is 0 Å². The highest BCUT2D eigenvalue weighted by Gasteiger charge is 2.04. The Balaban J connectivity index is 1.97. The van der Waals surface area contributed by atoms with Gasteiger partial charge in [0.05, 0.1) is 0 Å². The third-order valence-corrected chi connectivity index (χ3v) is 3.66. The topological polar surface area (TPSA) is 34.1 Å². The van der Waals surface area contributed by atoms with Crippen LogP contribution in [0.3, 0.4) is 0 Å². The lowest BCUT2D eigenvalue weighted by molar-refractivity contribution is 0.461. The maximum absolute atomic E-state index is 5.77. The van der Waals surface area contributed by atoms with Crippen molar-refractivity contribution in [3.63, 3.8) is 0 Å². The molecule has 0 bridgehead atoms. The molecule has 1 N–H and O–H groups in total. The van der Waals surface area contributed by atoms with Gasteiger partial charge in [0, 0.05) is 18.3 Å². The molecule has 2 rings (SSSR count). The van der Waals surface area contributed by atoms with E-state index in [0.29, 0.717) is 11.9 Å². The Bertz CT molecular complexity index is 534. The van der Waals surface area contributed by atoms with Crippen LogP contribution in [0.4, 0.5) is 0 Å². The fourth-order valence-corrected chi connectivity index (χ4v) is 2.10.